The summed E-state index contributed by atoms with van der Waals surface area (Å²) in [4.78, 5) is 24.1. The van der Waals surface area contributed by atoms with Crippen LogP contribution in [-0.2, 0) is 9.53 Å². The Hall–Kier alpha value is -2.14. The molecule has 0 aromatic heterocycles. The minimum absolute atomic E-state index is 0.0144. The topological polar surface area (TPSA) is 67.4 Å². The normalized spacial score (nSPS) is 14.0. The molecule has 0 atom stereocenters. The van der Waals surface area contributed by atoms with Crippen molar-refractivity contribution < 1.29 is 14.3 Å². The maximum Gasteiger partial charge on any atom is 0.251 e. The molecule has 5 nitrogen and oxygen atoms in total. The van der Waals surface area contributed by atoms with E-state index >= 15 is 0 Å². The smallest absolute Gasteiger partial charge is 0.251 e. The summed E-state index contributed by atoms with van der Waals surface area (Å²) in [5, 5.41) is 5.75. The second-order valence-electron chi connectivity index (χ2n) is 6.01. The maximum absolute atomic E-state index is 12.3. The van der Waals surface area contributed by atoms with Gasteiger partial charge in [0.2, 0.25) is 5.91 Å². The number of ether oxygens (including phenoxy) is 1. The summed E-state index contributed by atoms with van der Waals surface area (Å²) in [5.41, 5.74) is 3.39. The monoisotopic (exact) mass is 330 g/mol. The standard InChI is InChI=1S/C19H26N2O3/c1-3-24-13-18(22)21-17-11-16(10-9-14(17)2)19(23)20-12-15-7-5-4-6-8-15/h7,9-11H,3-6,8,12-13H2,1-2H3,(H,20,23)(H,21,22). The third-order valence-corrected chi connectivity index (χ3v) is 4.07. The first-order chi connectivity index (χ1) is 11.6. The number of carbonyl (C=O) groups excluding carboxylic acids is 2. The molecule has 0 unspecified atom stereocenters. The van der Waals surface area contributed by atoms with Gasteiger partial charge in [-0.1, -0.05) is 17.7 Å². The zero-order chi connectivity index (χ0) is 17.4. The first-order valence-electron chi connectivity index (χ1n) is 8.54. The van der Waals surface area contributed by atoms with Crippen molar-refractivity contribution in [3.8, 4) is 0 Å². The molecule has 0 saturated carbocycles. The van der Waals surface area contributed by atoms with Gasteiger partial charge < -0.3 is 15.4 Å². The van der Waals surface area contributed by atoms with Crippen molar-refractivity contribution in [1.29, 1.82) is 0 Å². The van der Waals surface area contributed by atoms with E-state index in [0.29, 0.717) is 24.4 Å². The van der Waals surface area contributed by atoms with Crippen LogP contribution in [0.2, 0.25) is 0 Å². The van der Waals surface area contributed by atoms with Crippen molar-refractivity contribution in [3.05, 3.63) is 41.0 Å². The van der Waals surface area contributed by atoms with Gasteiger partial charge in [0, 0.05) is 24.4 Å². The Morgan fingerprint density at radius 2 is 2.08 bits per heavy atom. The Balaban J connectivity index is 1.96. The minimum Gasteiger partial charge on any atom is -0.372 e. The molecule has 0 saturated heterocycles. The number of hydrogen-bond acceptors (Lipinski definition) is 3. The van der Waals surface area contributed by atoms with E-state index in [2.05, 4.69) is 16.7 Å². The fraction of sp³-hybridized carbons (Fsp3) is 0.474. The van der Waals surface area contributed by atoms with Crippen LogP contribution in [0.4, 0.5) is 5.69 Å². The van der Waals surface area contributed by atoms with E-state index in [1.165, 1.54) is 18.4 Å². The number of amides is 2. The van der Waals surface area contributed by atoms with Crippen molar-refractivity contribution in [2.24, 2.45) is 0 Å². The molecule has 130 valence electrons. The zero-order valence-electron chi connectivity index (χ0n) is 14.5. The Kier molecular flexibility index (Phi) is 7.00. The predicted molar refractivity (Wildman–Crippen MR) is 95.2 cm³/mol. The van der Waals surface area contributed by atoms with E-state index in [1.54, 1.807) is 12.1 Å². The van der Waals surface area contributed by atoms with Crippen LogP contribution in [0.1, 0.15) is 48.5 Å². The van der Waals surface area contributed by atoms with E-state index in [1.807, 2.05) is 19.9 Å². The quantitative estimate of drug-likeness (QED) is 0.755. The number of allylic oxidation sites excluding steroid dienone is 1. The van der Waals surface area contributed by atoms with Crippen LogP contribution in [0.25, 0.3) is 0 Å². The molecule has 2 amide bonds. The molecule has 0 bridgehead atoms. The highest BCUT2D eigenvalue weighted by molar-refractivity contribution is 5.98. The van der Waals surface area contributed by atoms with Crippen molar-refractivity contribution in [2.75, 3.05) is 25.1 Å². The molecule has 24 heavy (non-hydrogen) atoms. The molecule has 2 rings (SSSR count). The van der Waals surface area contributed by atoms with E-state index in [0.717, 1.165) is 18.4 Å². The highest BCUT2D eigenvalue weighted by Crippen LogP contribution is 2.18. The Morgan fingerprint density at radius 3 is 2.79 bits per heavy atom. The van der Waals surface area contributed by atoms with Crippen molar-refractivity contribution >= 4 is 17.5 Å². The Morgan fingerprint density at radius 1 is 1.25 bits per heavy atom. The van der Waals surface area contributed by atoms with E-state index in [4.69, 9.17) is 4.74 Å². The number of benzene rings is 1. The first-order valence-corrected chi connectivity index (χ1v) is 8.54. The molecule has 0 radical (unpaired) electrons. The molecule has 2 N–H and O–H groups in total. The summed E-state index contributed by atoms with van der Waals surface area (Å²) >= 11 is 0. The van der Waals surface area contributed by atoms with Crippen LogP contribution < -0.4 is 10.6 Å². The third-order valence-electron chi connectivity index (χ3n) is 4.07. The molecule has 1 aliphatic carbocycles. The van der Waals surface area contributed by atoms with Crippen LogP contribution in [0.5, 0.6) is 0 Å². The number of rotatable bonds is 7. The van der Waals surface area contributed by atoms with E-state index in [9.17, 15) is 9.59 Å². The van der Waals surface area contributed by atoms with E-state index < -0.39 is 0 Å². The highest BCUT2D eigenvalue weighted by Gasteiger charge is 2.11. The molecule has 1 aromatic carbocycles. The lowest BCUT2D eigenvalue weighted by molar-refractivity contribution is -0.120. The third kappa shape index (κ3) is 5.49. The lowest BCUT2D eigenvalue weighted by Crippen LogP contribution is -2.26. The summed E-state index contributed by atoms with van der Waals surface area (Å²) in [5.74, 6) is -0.341. The second kappa shape index (κ2) is 9.23. The lowest BCUT2D eigenvalue weighted by Gasteiger charge is -2.14. The van der Waals surface area contributed by atoms with Crippen molar-refractivity contribution in [1.82, 2.24) is 5.32 Å². The zero-order valence-corrected chi connectivity index (χ0v) is 14.5. The summed E-state index contributed by atoms with van der Waals surface area (Å²) in [6.45, 7) is 4.83. The van der Waals surface area contributed by atoms with Crippen LogP contribution in [-0.4, -0.2) is 31.6 Å². The first kappa shape index (κ1) is 18.2. The van der Waals surface area contributed by atoms with Gasteiger partial charge in [-0.05, 0) is 57.2 Å². The molecule has 5 heteroatoms. The number of aryl methyl sites for hydroxylation is 1. The molecular weight excluding hydrogens is 304 g/mol. The molecular formula is C19H26N2O3. The van der Waals surface area contributed by atoms with Gasteiger partial charge in [0.15, 0.2) is 0 Å². The number of carbonyl (C=O) groups is 2. The summed E-state index contributed by atoms with van der Waals surface area (Å²) in [6, 6.07) is 5.33. The van der Waals surface area contributed by atoms with Gasteiger partial charge in [0.25, 0.3) is 5.91 Å². The highest BCUT2D eigenvalue weighted by atomic mass is 16.5. The number of nitrogens with one attached hydrogen (secondary N) is 2. The fourth-order valence-corrected chi connectivity index (χ4v) is 2.64. The number of hydrogen-bond donors (Lipinski definition) is 2. The van der Waals surface area contributed by atoms with E-state index in [-0.39, 0.29) is 18.4 Å². The largest absolute Gasteiger partial charge is 0.372 e. The summed E-state index contributed by atoms with van der Waals surface area (Å²) in [7, 11) is 0. The molecule has 0 aliphatic heterocycles. The molecule has 0 spiro atoms. The minimum atomic E-state index is -0.218. The molecule has 1 aliphatic rings. The van der Waals surface area contributed by atoms with Crippen LogP contribution in [0.3, 0.4) is 0 Å². The van der Waals surface area contributed by atoms with Crippen molar-refractivity contribution in [3.63, 3.8) is 0 Å². The summed E-state index contributed by atoms with van der Waals surface area (Å²) < 4.78 is 5.09. The fourth-order valence-electron chi connectivity index (χ4n) is 2.64. The second-order valence-corrected chi connectivity index (χ2v) is 6.01. The van der Waals surface area contributed by atoms with Gasteiger partial charge in [0.05, 0.1) is 0 Å². The SMILES string of the molecule is CCOCC(=O)Nc1cc(C(=O)NCC2=CCCCC2)ccc1C. The van der Waals surface area contributed by atoms with Gasteiger partial charge >= 0.3 is 0 Å². The van der Waals surface area contributed by atoms with Gasteiger partial charge in [-0.3, -0.25) is 9.59 Å². The molecule has 1 aromatic rings. The van der Waals surface area contributed by atoms with Crippen LogP contribution in [0.15, 0.2) is 29.8 Å². The van der Waals surface area contributed by atoms with Crippen LogP contribution >= 0.6 is 0 Å². The Labute approximate surface area is 143 Å². The number of anilines is 1. The average Bonchev–Trinajstić information content (AvgIpc) is 2.60. The maximum atomic E-state index is 12.3. The summed E-state index contributed by atoms with van der Waals surface area (Å²) in [6.07, 6.45) is 6.82. The molecule has 0 fully saturated rings. The van der Waals surface area contributed by atoms with Crippen molar-refractivity contribution in [2.45, 2.75) is 39.5 Å². The lowest BCUT2D eigenvalue weighted by atomic mass is 9.99. The molecule has 0 heterocycles. The predicted octanol–water partition coefficient (Wildman–Crippen LogP) is 3.20. The van der Waals surface area contributed by atoms with Gasteiger partial charge in [-0.2, -0.15) is 0 Å². The van der Waals surface area contributed by atoms with Crippen LogP contribution in [0, 0.1) is 6.92 Å². The average molecular weight is 330 g/mol. The van der Waals surface area contributed by atoms with Gasteiger partial charge in [-0.15, -0.1) is 0 Å². The van der Waals surface area contributed by atoms with Gasteiger partial charge in [-0.25, -0.2) is 0 Å². The van der Waals surface area contributed by atoms with Gasteiger partial charge in [0.1, 0.15) is 6.61 Å². The Bertz CT molecular complexity index is 623.